The number of carbonyl (C=O) groups is 1. The first kappa shape index (κ1) is 16.9. The molecule has 0 saturated heterocycles. The summed E-state index contributed by atoms with van der Waals surface area (Å²) >= 11 is 0. The Hall–Kier alpha value is -2.49. The maximum Gasteiger partial charge on any atom is 0.338 e. The van der Waals surface area contributed by atoms with E-state index in [1.165, 1.54) is 5.56 Å². The predicted molar refractivity (Wildman–Crippen MR) is 94.7 cm³/mol. The van der Waals surface area contributed by atoms with E-state index in [0.29, 0.717) is 17.9 Å². The van der Waals surface area contributed by atoms with Crippen molar-refractivity contribution in [2.75, 3.05) is 17.7 Å². The van der Waals surface area contributed by atoms with Crippen LogP contribution in [0.3, 0.4) is 0 Å². The molecule has 122 valence electrons. The lowest BCUT2D eigenvalue weighted by molar-refractivity contribution is 0.0526. The number of carbonyl (C=O) groups excluding carboxylic acids is 1. The van der Waals surface area contributed by atoms with Gasteiger partial charge in [0.05, 0.1) is 23.5 Å². The number of ether oxygens (including phenoxy) is 1. The molecule has 0 aliphatic rings. The van der Waals surface area contributed by atoms with Gasteiger partial charge in [-0.25, -0.2) is 4.79 Å². The Morgan fingerprint density at radius 1 is 1.22 bits per heavy atom. The zero-order valence-electron chi connectivity index (χ0n) is 13.7. The van der Waals surface area contributed by atoms with Gasteiger partial charge in [0.15, 0.2) is 0 Å². The van der Waals surface area contributed by atoms with Crippen LogP contribution in [-0.2, 0) is 11.2 Å². The van der Waals surface area contributed by atoms with Gasteiger partial charge in [-0.15, -0.1) is 0 Å². The van der Waals surface area contributed by atoms with Crippen LogP contribution in [0.15, 0.2) is 48.5 Å². The topological polar surface area (TPSA) is 64.3 Å². The molecule has 4 heteroatoms. The maximum absolute atomic E-state index is 11.7. The summed E-state index contributed by atoms with van der Waals surface area (Å²) in [5, 5.41) is 3.40. The fraction of sp³-hybridized carbons (Fsp3) is 0.316. The number of hydrogen-bond donors (Lipinski definition) is 2. The Kier molecular flexibility index (Phi) is 6.03. The molecule has 0 aromatic heterocycles. The summed E-state index contributed by atoms with van der Waals surface area (Å²) in [4.78, 5) is 11.7. The zero-order chi connectivity index (χ0) is 16.7. The minimum absolute atomic E-state index is 0.283. The molecule has 0 aliphatic carbocycles. The van der Waals surface area contributed by atoms with Crippen molar-refractivity contribution in [1.82, 2.24) is 0 Å². The van der Waals surface area contributed by atoms with E-state index in [4.69, 9.17) is 10.5 Å². The van der Waals surface area contributed by atoms with Crippen molar-refractivity contribution in [2.45, 2.75) is 32.7 Å². The van der Waals surface area contributed by atoms with Gasteiger partial charge in [0.2, 0.25) is 0 Å². The number of anilines is 2. The minimum Gasteiger partial charge on any atom is -0.462 e. The molecule has 2 aromatic rings. The summed E-state index contributed by atoms with van der Waals surface area (Å²) in [5.74, 6) is -0.345. The van der Waals surface area contributed by atoms with Crippen LogP contribution in [0.2, 0.25) is 0 Å². The third kappa shape index (κ3) is 5.02. The molecular formula is C19H24N2O2. The first-order valence-electron chi connectivity index (χ1n) is 7.97. The monoisotopic (exact) mass is 312 g/mol. The first-order chi connectivity index (χ1) is 11.1. The third-order valence-corrected chi connectivity index (χ3v) is 3.67. The second-order valence-corrected chi connectivity index (χ2v) is 5.59. The van der Waals surface area contributed by atoms with Gasteiger partial charge in [0.1, 0.15) is 0 Å². The molecule has 0 amide bonds. The van der Waals surface area contributed by atoms with Gasteiger partial charge in [-0.3, -0.25) is 0 Å². The van der Waals surface area contributed by atoms with Gasteiger partial charge >= 0.3 is 5.97 Å². The molecule has 2 rings (SSSR count). The molecule has 0 aliphatic heterocycles. The Balaban J connectivity index is 1.93. The molecule has 4 nitrogen and oxygen atoms in total. The van der Waals surface area contributed by atoms with Crippen molar-refractivity contribution >= 4 is 17.3 Å². The molecule has 0 saturated carbocycles. The fourth-order valence-corrected chi connectivity index (χ4v) is 2.40. The van der Waals surface area contributed by atoms with Gasteiger partial charge in [0.25, 0.3) is 0 Å². The van der Waals surface area contributed by atoms with Gasteiger partial charge in [-0.2, -0.15) is 0 Å². The quantitative estimate of drug-likeness (QED) is 0.601. The smallest absolute Gasteiger partial charge is 0.338 e. The van der Waals surface area contributed by atoms with Crippen LogP contribution >= 0.6 is 0 Å². The largest absolute Gasteiger partial charge is 0.462 e. The summed E-state index contributed by atoms with van der Waals surface area (Å²) in [7, 11) is 0. The van der Waals surface area contributed by atoms with Crippen LogP contribution < -0.4 is 11.1 Å². The van der Waals surface area contributed by atoms with E-state index < -0.39 is 0 Å². The van der Waals surface area contributed by atoms with Crippen molar-refractivity contribution in [1.29, 1.82) is 0 Å². The number of benzene rings is 2. The molecule has 0 heterocycles. The van der Waals surface area contributed by atoms with Crippen molar-refractivity contribution in [2.24, 2.45) is 0 Å². The van der Waals surface area contributed by atoms with E-state index >= 15 is 0 Å². The standard InChI is InChI=1S/C19H24N2O2/c1-3-23-19(22)16-11-12-18(17(20)13-16)21-14(2)9-10-15-7-5-4-6-8-15/h4-8,11-14,21H,3,9-10,20H2,1-2H3/t14-/m1/s1. The summed E-state index contributed by atoms with van der Waals surface area (Å²) < 4.78 is 4.98. The van der Waals surface area contributed by atoms with Crippen molar-refractivity contribution < 1.29 is 9.53 Å². The Morgan fingerprint density at radius 2 is 1.96 bits per heavy atom. The maximum atomic E-state index is 11.7. The predicted octanol–water partition coefficient (Wildman–Crippen LogP) is 3.88. The molecule has 0 bridgehead atoms. The summed E-state index contributed by atoms with van der Waals surface area (Å²) in [6.45, 7) is 4.27. The van der Waals surface area contributed by atoms with Crippen LogP contribution in [0, 0.1) is 0 Å². The van der Waals surface area contributed by atoms with Crippen LogP contribution in [0.4, 0.5) is 11.4 Å². The third-order valence-electron chi connectivity index (χ3n) is 3.67. The molecule has 3 N–H and O–H groups in total. The summed E-state index contributed by atoms with van der Waals surface area (Å²) in [5.41, 5.74) is 9.25. The molecule has 0 unspecified atom stereocenters. The molecule has 0 spiro atoms. The highest BCUT2D eigenvalue weighted by molar-refractivity contribution is 5.91. The Bertz CT molecular complexity index is 641. The number of nitrogen functional groups attached to an aromatic ring is 1. The van der Waals surface area contributed by atoms with Crippen LogP contribution in [0.25, 0.3) is 0 Å². The molecule has 0 radical (unpaired) electrons. The van der Waals surface area contributed by atoms with E-state index in [9.17, 15) is 4.79 Å². The second kappa shape index (κ2) is 8.22. The summed E-state index contributed by atoms with van der Waals surface area (Å²) in [6, 6.07) is 15.9. The lowest BCUT2D eigenvalue weighted by Crippen LogP contribution is -2.17. The number of nitrogens with one attached hydrogen (secondary N) is 1. The minimum atomic E-state index is -0.345. The van der Waals surface area contributed by atoms with E-state index in [1.807, 2.05) is 12.1 Å². The van der Waals surface area contributed by atoms with E-state index in [-0.39, 0.29) is 12.0 Å². The average Bonchev–Trinajstić information content (AvgIpc) is 2.56. The van der Waals surface area contributed by atoms with E-state index in [2.05, 4.69) is 36.5 Å². The fourth-order valence-electron chi connectivity index (χ4n) is 2.40. The lowest BCUT2D eigenvalue weighted by Gasteiger charge is -2.17. The van der Waals surface area contributed by atoms with Gasteiger partial charge in [-0.05, 0) is 50.5 Å². The first-order valence-corrected chi connectivity index (χ1v) is 7.97. The van der Waals surface area contributed by atoms with Crippen molar-refractivity contribution in [3.63, 3.8) is 0 Å². The SMILES string of the molecule is CCOC(=O)c1ccc(N[C@H](C)CCc2ccccc2)c(N)c1. The lowest BCUT2D eigenvalue weighted by atomic mass is 10.1. The van der Waals surface area contributed by atoms with Gasteiger partial charge in [-0.1, -0.05) is 30.3 Å². The van der Waals surface area contributed by atoms with E-state index in [0.717, 1.165) is 18.5 Å². The number of hydrogen-bond acceptors (Lipinski definition) is 4. The highest BCUT2D eigenvalue weighted by Gasteiger charge is 2.10. The van der Waals surface area contributed by atoms with Crippen LogP contribution in [-0.4, -0.2) is 18.6 Å². The molecular weight excluding hydrogens is 288 g/mol. The normalized spacial score (nSPS) is 11.7. The molecule has 1 atom stereocenters. The van der Waals surface area contributed by atoms with E-state index in [1.54, 1.807) is 19.1 Å². The van der Waals surface area contributed by atoms with Crippen LogP contribution in [0.1, 0.15) is 36.2 Å². The Labute approximate surface area is 137 Å². The van der Waals surface area contributed by atoms with Crippen molar-refractivity contribution in [3.05, 3.63) is 59.7 Å². The highest BCUT2D eigenvalue weighted by Crippen LogP contribution is 2.22. The van der Waals surface area contributed by atoms with Gasteiger partial charge in [0, 0.05) is 6.04 Å². The second-order valence-electron chi connectivity index (χ2n) is 5.59. The number of rotatable bonds is 7. The average molecular weight is 312 g/mol. The van der Waals surface area contributed by atoms with Crippen molar-refractivity contribution in [3.8, 4) is 0 Å². The number of nitrogens with two attached hydrogens (primary N) is 1. The highest BCUT2D eigenvalue weighted by atomic mass is 16.5. The zero-order valence-corrected chi connectivity index (χ0v) is 13.7. The Morgan fingerprint density at radius 3 is 2.61 bits per heavy atom. The number of esters is 1. The molecule has 0 fully saturated rings. The van der Waals surface area contributed by atoms with Crippen LogP contribution in [0.5, 0.6) is 0 Å². The molecule has 2 aromatic carbocycles. The molecule has 23 heavy (non-hydrogen) atoms. The summed E-state index contributed by atoms with van der Waals surface area (Å²) in [6.07, 6.45) is 2.01. The number of aryl methyl sites for hydroxylation is 1. The van der Waals surface area contributed by atoms with Gasteiger partial charge < -0.3 is 15.8 Å².